The number of carbonyl (C=O) groups is 1. The smallest absolute Gasteiger partial charge is 0.278 e. The Morgan fingerprint density at radius 2 is 1.71 bits per heavy atom. The fourth-order valence-corrected chi connectivity index (χ4v) is 4.57. The van der Waals surface area contributed by atoms with E-state index in [1.807, 2.05) is 60.7 Å². The lowest BCUT2D eigenvalue weighted by molar-refractivity contribution is -0.126. The van der Waals surface area contributed by atoms with Crippen molar-refractivity contribution < 1.29 is 14.3 Å². The number of benzene rings is 3. The number of hydrogen-bond donors (Lipinski definition) is 0. The van der Waals surface area contributed by atoms with Gasteiger partial charge in [0.15, 0.2) is 16.6 Å². The van der Waals surface area contributed by atoms with Gasteiger partial charge in [0, 0.05) is 0 Å². The molecule has 1 aliphatic rings. The molecule has 5 nitrogen and oxygen atoms in total. The van der Waals surface area contributed by atoms with Crippen molar-refractivity contribution in [2.75, 3.05) is 11.5 Å². The van der Waals surface area contributed by atoms with E-state index in [4.69, 9.17) is 14.5 Å². The Bertz CT molecular complexity index is 1200. The zero-order valence-corrected chi connectivity index (χ0v) is 18.1. The molecule has 156 valence electrons. The number of ether oxygens (including phenoxy) is 2. The number of fused-ring (bicyclic) bond motifs is 2. The maximum Gasteiger partial charge on any atom is 0.278 e. The third-order valence-corrected chi connectivity index (χ3v) is 6.32. The quantitative estimate of drug-likeness (QED) is 0.403. The number of carbonyl (C=O) groups excluding carboxylic acids is 1. The average molecular weight is 431 g/mol. The highest BCUT2D eigenvalue weighted by atomic mass is 32.1. The number of aromatic nitrogens is 1. The van der Waals surface area contributed by atoms with Gasteiger partial charge in [-0.2, -0.15) is 0 Å². The molecule has 5 rings (SSSR count). The number of thiazole rings is 1. The van der Waals surface area contributed by atoms with Crippen molar-refractivity contribution in [1.82, 2.24) is 4.98 Å². The summed E-state index contributed by atoms with van der Waals surface area (Å²) in [5.41, 5.74) is 2.84. The monoisotopic (exact) mass is 430 g/mol. The molecule has 6 heteroatoms. The molecular formula is C25H22N2O3S. The molecule has 1 amide bonds. The van der Waals surface area contributed by atoms with Crippen LogP contribution in [0.4, 0.5) is 10.8 Å². The molecule has 0 bridgehead atoms. The van der Waals surface area contributed by atoms with Gasteiger partial charge in [-0.3, -0.25) is 9.69 Å². The summed E-state index contributed by atoms with van der Waals surface area (Å²) in [6.07, 6.45) is -0.758. The summed E-state index contributed by atoms with van der Waals surface area (Å²) in [5.74, 6) is 1.43. The molecule has 0 unspecified atom stereocenters. The predicted octanol–water partition coefficient (Wildman–Crippen LogP) is 5.92. The van der Waals surface area contributed by atoms with Crippen LogP contribution in [0, 0.1) is 0 Å². The predicted molar refractivity (Wildman–Crippen MR) is 124 cm³/mol. The molecule has 0 N–H and O–H groups in total. The summed E-state index contributed by atoms with van der Waals surface area (Å²) in [6.45, 7) is 4.45. The first-order valence-electron chi connectivity index (χ1n) is 10.3. The van der Waals surface area contributed by atoms with Crippen LogP contribution < -0.4 is 14.4 Å². The molecule has 0 fully saturated rings. The first-order valence-corrected chi connectivity index (χ1v) is 11.1. The standard InChI is InChI=1S/C25H22N2O3S/c1-16(2)17-11-13-18(14-12-17)27(25-26-19-7-3-6-10-23(19)31-25)24(28)22-15-29-20-8-4-5-9-21(20)30-22/h3-14,16,22H,15H2,1-2H3/t22-/m1/s1. The molecule has 0 aliphatic carbocycles. The maximum atomic E-state index is 13.7. The molecule has 0 spiro atoms. The number of para-hydroxylation sites is 3. The molecule has 0 radical (unpaired) electrons. The number of anilines is 2. The van der Waals surface area contributed by atoms with Crippen molar-refractivity contribution in [2.45, 2.75) is 25.9 Å². The molecular weight excluding hydrogens is 408 g/mol. The number of nitrogens with zero attached hydrogens (tertiary/aromatic N) is 2. The van der Waals surface area contributed by atoms with Crippen LogP contribution in [0.2, 0.25) is 0 Å². The summed E-state index contributed by atoms with van der Waals surface area (Å²) < 4.78 is 12.8. The van der Waals surface area contributed by atoms with Gasteiger partial charge in [0.1, 0.15) is 6.61 Å². The van der Waals surface area contributed by atoms with E-state index >= 15 is 0 Å². The van der Waals surface area contributed by atoms with E-state index in [0.29, 0.717) is 22.5 Å². The van der Waals surface area contributed by atoms with E-state index in [2.05, 4.69) is 26.0 Å². The Balaban J connectivity index is 1.54. The van der Waals surface area contributed by atoms with E-state index in [1.165, 1.54) is 16.9 Å². The van der Waals surface area contributed by atoms with Crippen molar-refractivity contribution in [3.63, 3.8) is 0 Å². The molecule has 2 heterocycles. The van der Waals surface area contributed by atoms with Gasteiger partial charge in [-0.15, -0.1) is 0 Å². The first kappa shape index (κ1) is 19.6. The Labute approximate surface area is 184 Å². The first-order chi connectivity index (χ1) is 15.1. The molecule has 1 aliphatic heterocycles. The van der Waals surface area contributed by atoms with Crippen LogP contribution in [0.3, 0.4) is 0 Å². The van der Waals surface area contributed by atoms with Gasteiger partial charge in [0.05, 0.1) is 15.9 Å². The van der Waals surface area contributed by atoms with Gasteiger partial charge in [0.25, 0.3) is 5.91 Å². The van der Waals surface area contributed by atoms with Crippen LogP contribution in [-0.2, 0) is 4.79 Å². The zero-order valence-electron chi connectivity index (χ0n) is 17.3. The minimum atomic E-state index is -0.758. The largest absolute Gasteiger partial charge is 0.485 e. The van der Waals surface area contributed by atoms with E-state index < -0.39 is 6.10 Å². The van der Waals surface area contributed by atoms with Crippen LogP contribution in [0.1, 0.15) is 25.3 Å². The van der Waals surface area contributed by atoms with E-state index in [-0.39, 0.29) is 12.5 Å². The summed E-state index contributed by atoms with van der Waals surface area (Å²) in [5, 5.41) is 0.617. The minimum absolute atomic E-state index is 0.154. The van der Waals surface area contributed by atoms with Crippen molar-refractivity contribution in [2.24, 2.45) is 0 Å². The Hall–Kier alpha value is -3.38. The lowest BCUT2D eigenvalue weighted by Crippen LogP contribution is -2.44. The fourth-order valence-electron chi connectivity index (χ4n) is 3.58. The highest BCUT2D eigenvalue weighted by Gasteiger charge is 2.34. The lowest BCUT2D eigenvalue weighted by Gasteiger charge is -2.29. The van der Waals surface area contributed by atoms with Crippen LogP contribution >= 0.6 is 11.3 Å². The summed E-state index contributed by atoms with van der Waals surface area (Å²) in [7, 11) is 0. The van der Waals surface area contributed by atoms with Crippen LogP contribution in [0.25, 0.3) is 10.2 Å². The van der Waals surface area contributed by atoms with Crippen LogP contribution in [0.5, 0.6) is 11.5 Å². The van der Waals surface area contributed by atoms with E-state index in [9.17, 15) is 4.79 Å². The lowest BCUT2D eigenvalue weighted by atomic mass is 10.0. The van der Waals surface area contributed by atoms with Crippen molar-refractivity contribution in [3.05, 3.63) is 78.4 Å². The molecule has 1 aromatic heterocycles. The molecule has 31 heavy (non-hydrogen) atoms. The Kier molecular flexibility index (Phi) is 5.08. The van der Waals surface area contributed by atoms with Gasteiger partial charge in [-0.25, -0.2) is 4.98 Å². The summed E-state index contributed by atoms with van der Waals surface area (Å²) >= 11 is 1.49. The minimum Gasteiger partial charge on any atom is -0.485 e. The molecule has 0 saturated carbocycles. The highest BCUT2D eigenvalue weighted by Crippen LogP contribution is 2.37. The van der Waals surface area contributed by atoms with Gasteiger partial charge in [-0.1, -0.05) is 61.6 Å². The second-order valence-corrected chi connectivity index (χ2v) is 8.76. The number of amides is 1. The molecule has 0 saturated heterocycles. The Morgan fingerprint density at radius 1 is 1.00 bits per heavy atom. The van der Waals surface area contributed by atoms with Gasteiger partial charge in [-0.05, 0) is 47.9 Å². The number of rotatable bonds is 4. The Morgan fingerprint density at radius 3 is 2.45 bits per heavy atom. The van der Waals surface area contributed by atoms with Gasteiger partial charge < -0.3 is 9.47 Å². The number of hydrogen-bond acceptors (Lipinski definition) is 5. The van der Waals surface area contributed by atoms with Gasteiger partial charge >= 0.3 is 0 Å². The molecule has 1 atom stereocenters. The van der Waals surface area contributed by atoms with E-state index in [0.717, 1.165) is 15.9 Å². The molecule has 3 aromatic carbocycles. The molecule has 4 aromatic rings. The van der Waals surface area contributed by atoms with Crippen molar-refractivity contribution in [1.29, 1.82) is 0 Å². The van der Waals surface area contributed by atoms with Crippen molar-refractivity contribution >= 4 is 38.3 Å². The third-order valence-electron chi connectivity index (χ3n) is 5.30. The topological polar surface area (TPSA) is 51.7 Å². The van der Waals surface area contributed by atoms with Crippen molar-refractivity contribution in [3.8, 4) is 11.5 Å². The zero-order chi connectivity index (χ0) is 21.4. The fraction of sp³-hybridized carbons (Fsp3) is 0.200. The van der Waals surface area contributed by atoms with Crippen LogP contribution in [0.15, 0.2) is 72.8 Å². The summed E-state index contributed by atoms with van der Waals surface area (Å²) in [4.78, 5) is 20.1. The third kappa shape index (κ3) is 3.75. The SMILES string of the molecule is CC(C)c1ccc(N(C(=O)[C@H]2COc3ccccc3O2)c2nc3ccccc3s2)cc1. The average Bonchev–Trinajstić information content (AvgIpc) is 3.22. The van der Waals surface area contributed by atoms with Crippen LogP contribution in [-0.4, -0.2) is 23.6 Å². The normalized spacial score (nSPS) is 15.3. The summed E-state index contributed by atoms with van der Waals surface area (Å²) in [6, 6.07) is 23.3. The maximum absolute atomic E-state index is 13.7. The second-order valence-electron chi connectivity index (χ2n) is 7.75. The van der Waals surface area contributed by atoms with Gasteiger partial charge in [0.2, 0.25) is 6.10 Å². The van der Waals surface area contributed by atoms with E-state index in [1.54, 1.807) is 4.90 Å². The second kappa shape index (κ2) is 8.04. The highest BCUT2D eigenvalue weighted by molar-refractivity contribution is 7.22.